The number of hydrogen-bond donors (Lipinski definition) is 1. The number of aryl methyl sites for hydroxylation is 1. The number of benzene rings is 2. The molecule has 2 aromatic carbocycles. The number of hydrogen-bond acceptors (Lipinski definition) is 5. The number of nitrogens with one attached hydrogen (secondary N) is 1. The highest BCUT2D eigenvalue weighted by atomic mass is 16.3. The van der Waals surface area contributed by atoms with Gasteiger partial charge in [0.1, 0.15) is 5.58 Å². The van der Waals surface area contributed by atoms with Gasteiger partial charge in [-0.3, -0.25) is 4.79 Å². The Labute approximate surface area is 180 Å². The first kappa shape index (κ1) is 19.5. The molecule has 1 saturated carbocycles. The van der Waals surface area contributed by atoms with Crippen LogP contribution < -0.4 is 5.32 Å². The van der Waals surface area contributed by atoms with Crippen LogP contribution in [0, 0.1) is 6.92 Å². The van der Waals surface area contributed by atoms with Gasteiger partial charge >= 0.3 is 0 Å². The Bertz CT molecular complexity index is 1270. The highest BCUT2D eigenvalue weighted by Crippen LogP contribution is 2.37. The van der Waals surface area contributed by atoms with E-state index in [0.29, 0.717) is 12.0 Å². The molecular weight excluding hydrogens is 390 g/mol. The van der Waals surface area contributed by atoms with Gasteiger partial charge in [-0.25, -0.2) is 4.68 Å². The lowest BCUT2D eigenvalue weighted by atomic mass is 9.95. The lowest BCUT2D eigenvalue weighted by Crippen LogP contribution is -2.14. The molecule has 7 nitrogen and oxygen atoms in total. The maximum absolute atomic E-state index is 12.8. The van der Waals surface area contributed by atoms with E-state index in [9.17, 15) is 4.79 Å². The van der Waals surface area contributed by atoms with Crippen molar-refractivity contribution in [1.82, 2.24) is 20.2 Å². The average Bonchev–Trinajstić information content (AvgIpc) is 3.34. The summed E-state index contributed by atoms with van der Waals surface area (Å²) < 4.78 is 7.59. The largest absolute Gasteiger partial charge is 0.464 e. The smallest absolute Gasteiger partial charge is 0.228 e. The van der Waals surface area contributed by atoms with Crippen LogP contribution in [0.5, 0.6) is 0 Å². The lowest BCUT2D eigenvalue weighted by molar-refractivity contribution is -0.115. The van der Waals surface area contributed by atoms with Crippen LogP contribution in [0.2, 0.25) is 0 Å². The molecule has 1 amide bonds. The fourth-order valence-electron chi connectivity index (χ4n) is 4.07. The van der Waals surface area contributed by atoms with Crippen LogP contribution in [0.4, 0.5) is 5.69 Å². The Morgan fingerprint density at radius 2 is 2.10 bits per heavy atom. The number of carbonyl (C=O) groups excluding carboxylic acids is 1. The zero-order chi connectivity index (χ0) is 21.5. The number of amides is 1. The number of furan rings is 1. The molecule has 0 saturated heterocycles. The number of fused-ring (bicyclic) bond motifs is 1. The molecule has 0 bridgehead atoms. The molecule has 0 radical (unpaired) electrons. The second-order valence-corrected chi connectivity index (χ2v) is 8.60. The maximum atomic E-state index is 12.8. The van der Waals surface area contributed by atoms with Crippen molar-refractivity contribution >= 4 is 22.6 Å². The third-order valence-corrected chi connectivity index (χ3v) is 5.81. The molecule has 4 aromatic rings. The summed E-state index contributed by atoms with van der Waals surface area (Å²) in [5.74, 6) is 1.06. The summed E-state index contributed by atoms with van der Waals surface area (Å²) in [4.78, 5) is 12.8. The van der Waals surface area contributed by atoms with Gasteiger partial charge in [0.05, 0.1) is 18.7 Å². The summed E-state index contributed by atoms with van der Waals surface area (Å²) in [7, 11) is 0. The number of aromatic nitrogens is 4. The predicted octanol–water partition coefficient (Wildman–Crippen LogP) is 5.03. The molecule has 7 heteroatoms. The quantitative estimate of drug-likeness (QED) is 0.477. The van der Waals surface area contributed by atoms with Crippen LogP contribution in [0.3, 0.4) is 0 Å². The molecule has 1 N–H and O–H groups in total. The van der Waals surface area contributed by atoms with Gasteiger partial charge in [-0.2, -0.15) is 0 Å². The molecule has 1 aliphatic carbocycles. The predicted molar refractivity (Wildman–Crippen MR) is 119 cm³/mol. The second-order valence-electron chi connectivity index (χ2n) is 8.60. The van der Waals surface area contributed by atoms with Gasteiger partial charge in [0, 0.05) is 22.2 Å². The molecule has 2 aromatic heterocycles. The van der Waals surface area contributed by atoms with Gasteiger partial charge in [0.25, 0.3) is 0 Å². The first-order valence-corrected chi connectivity index (χ1v) is 10.7. The Morgan fingerprint density at radius 3 is 2.87 bits per heavy atom. The van der Waals surface area contributed by atoms with Crippen molar-refractivity contribution in [3.05, 3.63) is 59.4 Å². The third-order valence-electron chi connectivity index (χ3n) is 5.81. The number of anilines is 1. The Hall–Kier alpha value is -3.48. The molecule has 0 aliphatic heterocycles. The highest BCUT2D eigenvalue weighted by molar-refractivity contribution is 5.96. The molecule has 0 spiro atoms. The van der Waals surface area contributed by atoms with E-state index in [1.54, 1.807) is 6.26 Å². The normalized spacial score (nSPS) is 13.8. The summed E-state index contributed by atoms with van der Waals surface area (Å²) in [6.45, 7) is 6.44. The van der Waals surface area contributed by atoms with Crippen molar-refractivity contribution in [3.63, 3.8) is 0 Å². The van der Waals surface area contributed by atoms with Crippen LogP contribution in [-0.4, -0.2) is 26.1 Å². The molecule has 158 valence electrons. The van der Waals surface area contributed by atoms with Crippen LogP contribution in [-0.2, 0) is 11.2 Å². The number of rotatable bonds is 6. The Kier molecular flexibility index (Phi) is 4.81. The van der Waals surface area contributed by atoms with E-state index in [0.717, 1.165) is 46.4 Å². The summed E-state index contributed by atoms with van der Waals surface area (Å²) in [6.07, 6.45) is 4.14. The standard InChI is InChI=1S/C24H25N5O2/c1-14(2)20-12-21-17(13-31-22(21)9-15(20)3)11-23(30)25-18-6-4-5-16(10-18)24-26-27-28-29(24)19-7-8-19/h4-6,9-10,12-14,19H,7-8,11H2,1-3H3,(H,25,30). The molecule has 0 atom stereocenters. The zero-order valence-corrected chi connectivity index (χ0v) is 17.9. The topological polar surface area (TPSA) is 85.8 Å². The molecule has 5 rings (SSSR count). The summed E-state index contributed by atoms with van der Waals surface area (Å²) in [6, 6.07) is 12.2. The minimum Gasteiger partial charge on any atom is -0.464 e. The molecule has 2 heterocycles. The second kappa shape index (κ2) is 7.65. The Balaban J connectivity index is 1.35. The summed E-state index contributed by atoms with van der Waals surface area (Å²) in [5.41, 5.74) is 5.80. The highest BCUT2D eigenvalue weighted by Gasteiger charge is 2.28. The fraction of sp³-hybridized carbons (Fsp3) is 0.333. The third kappa shape index (κ3) is 3.83. The van der Waals surface area contributed by atoms with Crippen molar-refractivity contribution < 1.29 is 9.21 Å². The summed E-state index contributed by atoms with van der Waals surface area (Å²) in [5, 5.41) is 16.1. The van der Waals surface area contributed by atoms with Gasteiger partial charge in [0.15, 0.2) is 5.82 Å². The molecule has 31 heavy (non-hydrogen) atoms. The van der Waals surface area contributed by atoms with E-state index in [-0.39, 0.29) is 12.3 Å². The van der Waals surface area contributed by atoms with Gasteiger partial charge in [0.2, 0.25) is 5.91 Å². The number of nitrogens with zero attached hydrogens (tertiary/aromatic N) is 4. The number of tetrazole rings is 1. The van der Waals surface area contributed by atoms with Gasteiger partial charge in [-0.05, 0) is 71.5 Å². The first-order valence-electron chi connectivity index (χ1n) is 10.7. The molecule has 1 fully saturated rings. The van der Waals surface area contributed by atoms with E-state index in [1.807, 2.05) is 28.9 Å². The van der Waals surface area contributed by atoms with Gasteiger partial charge in [-0.15, -0.1) is 5.10 Å². The van der Waals surface area contributed by atoms with Crippen molar-refractivity contribution in [2.75, 3.05) is 5.32 Å². The first-order chi connectivity index (χ1) is 15.0. The van der Waals surface area contributed by atoms with E-state index in [2.05, 4.69) is 53.7 Å². The minimum absolute atomic E-state index is 0.0895. The summed E-state index contributed by atoms with van der Waals surface area (Å²) >= 11 is 0. The molecule has 1 aliphatic rings. The maximum Gasteiger partial charge on any atom is 0.228 e. The van der Waals surface area contributed by atoms with Crippen molar-refractivity contribution in [2.45, 2.75) is 52.0 Å². The minimum atomic E-state index is -0.0895. The number of carbonyl (C=O) groups is 1. The fourth-order valence-corrected chi connectivity index (χ4v) is 4.07. The van der Waals surface area contributed by atoms with Gasteiger partial charge < -0.3 is 9.73 Å². The monoisotopic (exact) mass is 415 g/mol. The molecule has 0 unspecified atom stereocenters. The van der Waals surface area contributed by atoms with Crippen LogP contribution in [0.25, 0.3) is 22.4 Å². The van der Waals surface area contributed by atoms with Crippen LogP contribution in [0.1, 0.15) is 55.3 Å². The lowest BCUT2D eigenvalue weighted by Gasteiger charge is -2.10. The van der Waals surface area contributed by atoms with Crippen molar-refractivity contribution in [2.24, 2.45) is 0 Å². The Morgan fingerprint density at radius 1 is 1.26 bits per heavy atom. The van der Waals surface area contributed by atoms with E-state index in [4.69, 9.17) is 4.42 Å². The van der Waals surface area contributed by atoms with E-state index in [1.165, 1.54) is 11.1 Å². The van der Waals surface area contributed by atoms with Crippen molar-refractivity contribution in [3.8, 4) is 11.4 Å². The van der Waals surface area contributed by atoms with Crippen LogP contribution in [0.15, 0.2) is 47.1 Å². The SMILES string of the molecule is Cc1cc2occ(CC(=O)Nc3cccc(-c4nnnn4C4CC4)c3)c2cc1C(C)C. The zero-order valence-electron chi connectivity index (χ0n) is 17.9. The molecular formula is C24H25N5O2. The van der Waals surface area contributed by atoms with E-state index < -0.39 is 0 Å². The average molecular weight is 415 g/mol. The van der Waals surface area contributed by atoms with Crippen LogP contribution >= 0.6 is 0 Å². The van der Waals surface area contributed by atoms with Gasteiger partial charge in [-0.1, -0.05) is 26.0 Å². The van der Waals surface area contributed by atoms with E-state index >= 15 is 0 Å². The van der Waals surface area contributed by atoms with Crippen molar-refractivity contribution in [1.29, 1.82) is 0 Å².